The molecule has 1 amide bonds. The van der Waals surface area contributed by atoms with Crippen molar-refractivity contribution < 1.29 is 9.18 Å². The van der Waals surface area contributed by atoms with Crippen molar-refractivity contribution in [1.29, 1.82) is 0 Å². The Morgan fingerprint density at radius 1 is 1.27 bits per heavy atom. The van der Waals surface area contributed by atoms with Crippen LogP contribution in [0.2, 0.25) is 5.02 Å². The smallest absolute Gasteiger partial charge is 0.222 e. The number of halogens is 2. The Kier molecular flexibility index (Phi) is 4.16. The highest BCUT2D eigenvalue weighted by molar-refractivity contribution is 6.35. The largest absolute Gasteiger partial charge is 0.366 e. The number of rotatable bonds is 2. The molecular weight excluding hydrogens is 305 g/mol. The zero-order chi connectivity index (χ0) is 15.7. The average Bonchev–Trinajstić information content (AvgIpc) is 2.55. The number of fused-ring (bicyclic) bond motifs is 1. The Bertz CT molecular complexity index is 714. The monoisotopic (exact) mass is 321 g/mol. The van der Waals surface area contributed by atoms with E-state index in [1.807, 2.05) is 16.7 Å². The standard InChI is InChI=1S/C16H17ClFN3O/c1-2-14(22)21-9-7-20(8-10-21)13-4-3-11-12(17)5-6-19-16(11)15(13)18/h3-6H,2,7-10H2,1H3. The summed E-state index contributed by atoms with van der Waals surface area (Å²) in [6.45, 7) is 4.33. The molecule has 0 bridgehead atoms. The molecule has 6 heteroatoms. The molecule has 0 saturated carbocycles. The number of amides is 1. The van der Waals surface area contributed by atoms with E-state index in [4.69, 9.17) is 11.6 Å². The molecule has 3 rings (SSSR count). The van der Waals surface area contributed by atoms with Crippen molar-refractivity contribution in [3.8, 4) is 0 Å². The Labute approximate surface area is 133 Å². The Balaban J connectivity index is 1.86. The fraction of sp³-hybridized carbons (Fsp3) is 0.375. The van der Waals surface area contributed by atoms with Crippen LogP contribution in [0.25, 0.3) is 10.9 Å². The SMILES string of the molecule is CCC(=O)N1CCN(c2ccc3c(Cl)ccnc3c2F)CC1. The van der Waals surface area contributed by atoms with Crippen molar-refractivity contribution in [2.24, 2.45) is 0 Å². The second kappa shape index (κ2) is 6.08. The summed E-state index contributed by atoms with van der Waals surface area (Å²) in [5.74, 6) is -0.206. The summed E-state index contributed by atoms with van der Waals surface area (Å²) in [6.07, 6.45) is 2.02. The molecule has 1 saturated heterocycles. The molecule has 1 aliphatic rings. The third-order valence-electron chi connectivity index (χ3n) is 4.05. The molecule has 0 N–H and O–H groups in total. The molecule has 1 fully saturated rings. The molecule has 4 nitrogen and oxygen atoms in total. The van der Waals surface area contributed by atoms with Gasteiger partial charge in [0.1, 0.15) is 5.52 Å². The van der Waals surface area contributed by atoms with Crippen LogP contribution in [0, 0.1) is 5.82 Å². The molecular formula is C16H17ClFN3O. The first-order valence-corrected chi connectivity index (χ1v) is 7.75. The van der Waals surface area contributed by atoms with Gasteiger partial charge in [0.2, 0.25) is 5.91 Å². The summed E-state index contributed by atoms with van der Waals surface area (Å²) < 4.78 is 14.7. The van der Waals surface area contributed by atoms with Gasteiger partial charge in [0.25, 0.3) is 0 Å². The van der Waals surface area contributed by atoms with Crippen LogP contribution in [-0.4, -0.2) is 42.0 Å². The first-order chi connectivity index (χ1) is 10.6. The van der Waals surface area contributed by atoms with Crippen molar-refractivity contribution in [3.63, 3.8) is 0 Å². The highest BCUT2D eigenvalue weighted by Crippen LogP contribution is 2.30. The predicted octanol–water partition coefficient (Wildman–Crippen LogP) is 3.09. The lowest BCUT2D eigenvalue weighted by molar-refractivity contribution is -0.131. The van der Waals surface area contributed by atoms with Gasteiger partial charge < -0.3 is 9.80 Å². The van der Waals surface area contributed by atoms with E-state index < -0.39 is 0 Å². The van der Waals surface area contributed by atoms with Gasteiger partial charge in [-0.3, -0.25) is 9.78 Å². The minimum atomic E-state index is -0.352. The van der Waals surface area contributed by atoms with Crippen LogP contribution in [0.4, 0.5) is 10.1 Å². The molecule has 2 heterocycles. The van der Waals surface area contributed by atoms with E-state index >= 15 is 0 Å². The Hall–Kier alpha value is -1.88. The number of benzene rings is 1. The normalized spacial score (nSPS) is 15.4. The van der Waals surface area contributed by atoms with Crippen molar-refractivity contribution in [1.82, 2.24) is 9.88 Å². The van der Waals surface area contributed by atoms with Crippen molar-refractivity contribution in [3.05, 3.63) is 35.2 Å². The van der Waals surface area contributed by atoms with Crippen molar-refractivity contribution in [2.45, 2.75) is 13.3 Å². The molecule has 1 aromatic heterocycles. The van der Waals surface area contributed by atoms with Gasteiger partial charge in [-0.05, 0) is 18.2 Å². The number of hydrogen-bond acceptors (Lipinski definition) is 3. The van der Waals surface area contributed by atoms with Gasteiger partial charge in [-0.1, -0.05) is 18.5 Å². The molecule has 116 valence electrons. The zero-order valence-electron chi connectivity index (χ0n) is 12.4. The number of pyridine rings is 1. The molecule has 2 aromatic rings. The van der Waals surface area contributed by atoms with E-state index in [9.17, 15) is 9.18 Å². The molecule has 1 aromatic carbocycles. The second-order valence-electron chi connectivity index (χ2n) is 5.31. The average molecular weight is 322 g/mol. The molecule has 0 spiro atoms. The zero-order valence-corrected chi connectivity index (χ0v) is 13.1. The maximum Gasteiger partial charge on any atom is 0.222 e. The summed E-state index contributed by atoms with van der Waals surface area (Å²) in [7, 11) is 0. The first-order valence-electron chi connectivity index (χ1n) is 7.37. The fourth-order valence-corrected chi connectivity index (χ4v) is 3.01. The Morgan fingerprint density at radius 2 is 2.00 bits per heavy atom. The topological polar surface area (TPSA) is 36.4 Å². The van der Waals surface area contributed by atoms with E-state index in [0.29, 0.717) is 48.7 Å². The lowest BCUT2D eigenvalue weighted by Crippen LogP contribution is -2.48. The van der Waals surface area contributed by atoms with Gasteiger partial charge in [-0.2, -0.15) is 0 Å². The number of nitrogens with zero attached hydrogens (tertiary/aromatic N) is 3. The van der Waals surface area contributed by atoms with E-state index in [1.54, 1.807) is 18.2 Å². The van der Waals surface area contributed by atoms with Gasteiger partial charge in [0, 0.05) is 44.2 Å². The summed E-state index contributed by atoms with van der Waals surface area (Å²) in [4.78, 5) is 19.6. The summed E-state index contributed by atoms with van der Waals surface area (Å²) in [6, 6.07) is 5.19. The summed E-state index contributed by atoms with van der Waals surface area (Å²) in [5.41, 5.74) is 0.808. The third kappa shape index (κ3) is 2.61. The molecule has 0 unspecified atom stereocenters. The van der Waals surface area contributed by atoms with Gasteiger partial charge in [0.05, 0.1) is 10.7 Å². The number of carbonyl (C=O) groups excluding carboxylic acids is 1. The summed E-state index contributed by atoms with van der Waals surface area (Å²) >= 11 is 6.07. The number of aromatic nitrogens is 1. The predicted molar refractivity (Wildman–Crippen MR) is 85.8 cm³/mol. The van der Waals surface area contributed by atoms with E-state index in [2.05, 4.69) is 4.98 Å². The molecule has 1 aliphatic heterocycles. The molecule has 0 aliphatic carbocycles. The van der Waals surface area contributed by atoms with Crippen LogP contribution in [0.3, 0.4) is 0 Å². The lowest BCUT2D eigenvalue weighted by Gasteiger charge is -2.36. The van der Waals surface area contributed by atoms with Gasteiger partial charge in [0.15, 0.2) is 5.82 Å². The minimum Gasteiger partial charge on any atom is -0.366 e. The van der Waals surface area contributed by atoms with Gasteiger partial charge >= 0.3 is 0 Å². The maximum absolute atomic E-state index is 14.7. The highest BCUT2D eigenvalue weighted by atomic mass is 35.5. The van der Waals surface area contributed by atoms with Crippen LogP contribution in [0.15, 0.2) is 24.4 Å². The van der Waals surface area contributed by atoms with E-state index in [0.717, 1.165) is 0 Å². The van der Waals surface area contributed by atoms with Crippen LogP contribution in [-0.2, 0) is 4.79 Å². The van der Waals surface area contributed by atoms with Crippen molar-refractivity contribution in [2.75, 3.05) is 31.1 Å². The number of anilines is 1. The van der Waals surface area contributed by atoms with Gasteiger partial charge in [-0.15, -0.1) is 0 Å². The number of carbonyl (C=O) groups is 1. The Morgan fingerprint density at radius 3 is 2.68 bits per heavy atom. The minimum absolute atomic E-state index is 0.145. The fourth-order valence-electron chi connectivity index (χ4n) is 2.80. The van der Waals surface area contributed by atoms with E-state index in [1.165, 1.54) is 6.20 Å². The van der Waals surface area contributed by atoms with Crippen LogP contribution < -0.4 is 4.90 Å². The number of piperazine rings is 1. The second-order valence-corrected chi connectivity index (χ2v) is 5.72. The lowest BCUT2D eigenvalue weighted by atomic mass is 10.1. The highest BCUT2D eigenvalue weighted by Gasteiger charge is 2.23. The summed E-state index contributed by atoms with van der Waals surface area (Å²) in [5, 5.41) is 1.11. The first kappa shape index (κ1) is 15.0. The number of hydrogen-bond donors (Lipinski definition) is 0. The third-order valence-corrected chi connectivity index (χ3v) is 4.38. The van der Waals surface area contributed by atoms with Crippen LogP contribution >= 0.6 is 11.6 Å². The van der Waals surface area contributed by atoms with Crippen LogP contribution in [0.5, 0.6) is 0 Å². The molecule has 0 atom stereocenters. The van der Waals surface area contributed by atoms with Crippen LogP contribution in [0.1, 0.15) is 13.3 Å². The molecule has 22 heavy (non-hydrogen) atoms. The van der Waals surface area contributed by atoms with E-state index in [-0.39, 0.29) is 17.2 Å². The van der Waals surface area contributed by atoms with Crippen molar-refractivity contribution >= 4 is 34.1 Å². The van der Waals surface area contributed by atoms with Gasteiger partial charge in [-0.25, -0.2) is 4.39 Å². The maximum atomic E-state index is 14.7. The quantitative estimate of drug-likeness (QED) is 0.853. The molecule has 0 radical (unpaired) electrons.